The number of aliphatic hydroxyl groups is 5. The molecule has 1 aliphatic rings. The molecule has 7 unspecified atom stereocenters. The van der Waals surface area contributed by atoms with Gasteiger partial charge in [0.2, 0.25) is 5.91 Å². The Morgan fingerprint density at radius 2 is 0.913 bits per heavy atom. The number of hydrogen-bond donors (Lipinski definition) is 6. The molecule has 9 nitrogen and oxygen atoms in total. The standard InChI is InChI=1S/C60H105NO8/c1-3-5-7-9-11-13-15-17-18-19-20-21-22-23-24-25-26-27-28-29-30-31-32-33-34-35-36-38-39-41-43-45-47-49-54(63)53(52-68-60-59(67)58(66)57(65)55(51-62)69-60)61-56(64)50-48-46-44-42-40-37-16-14-12-10-8-6-4-2/h6,8,12,14,34-35,37,39-41,44,46-47,49,53-55,57-60,62-63,65-67H,3-5,7,9-11,13,15-33,36,38,42-43,45,48,50-52H2,1-2H3,(H,61,64)/b8-6-,14-12-,35-34+,40-37-,41-39+,46-44-,49-47+. The normalized spacial score (nSPS) is 20.1. The van der Waals surface area contributed by atoms with Crippen LogP contribution >= 0.6 is 0 Å². The highest BCUT2D eigenvalue weighted by atomic mass is 16.7. The van der Waals surface area contributed by atoms with Crippen LogP contribution in [0.1, 0.15) is 232 Å². The van der Waals surface area contributed by atoms with Crippen molar-refractivity contribution in [3.63, 3.8) is 0 Å². The molecule has 1 amide bonds. The van der Waals surface area contributed by atoms with Crippen molar-refractivity contribution in [3.8, 4) is 0 Å². The summed E-state index contributed by atoms with van der Waals surface area (Å²) in [5.74, 6) is -0.273. The number of amides is 1. The second-order valence-electron chi connectivity index (χ2n) is 19.3. The number of hydrogen-bond acceptors (Lipinski definition) is 8. The molecule has 0 radical (unpaired) electrons. The molecule has 0 aliphatic carbocycles. The number of aliphatic hydroxyl groups excluding tert-OH is 5. The van der Waals surface area contributed by atoms with Gasteiger partial charge in [0.15, 0.2) is 6.29 Å². The highest BCUT2D eigenvalue weighted by Crippen LogP contribution is 2.23. The zero-order valence-electron chi connectivity index (χ0n) is 44.0. The van der Waals surface area contributed by atoms with Gasteiger partial charge in [-0.05, 0) is 70.6 Å². The number of allylic oxidation sites excluding steroid dienone is 13. The van der Waals surface area contributed by atoms with E-state index < -0.39 is 49.5 Å². The molecule has 6 N–H and O–H groups in total. The van der Waals surface area contributed by atoms with Gasteiger partial charge in [0.25, 0.3) is 0 Å². The zero-order chi connectivity index (χ0) is 50.1. The summed E-state index contributed by atoms with van der Waals surface area (Å²) in [4.78, 5) is 12.9. The van der Waals surface area contributed by atoms with E-state index in [0.29, 0.717) is 12.8 Å². The molecule has 0 aromatic carbocycles. The van der Waals surface area contributed by atoms with E-state index in [-0.39, 0.29) is 18.9 Å². The summed E-state index contributed by atoms with van der Waals surface area (Å²) in [5.41, 5.74) is 0. The van der Waals surface area contributed by atoms with Gasteiger partial charge in [-0.1, -0.05) is 240 Å². The summed E-state index contributed by atoms with van der Waals surface area (Å²) >= 11 is 0. The van der Waals surface area contributed by atoms with Crippen molar-refractivity contribution in [1.82, 2.24) is 5.32 Å². The van der Waals surface area contributed by atoms with Crippen LogP contribution in [-0.2, 0) is 14.3 Å². The Labute approximate surface area is 422 Å². The second-order valence-corrected chi connectivity index (χ2v) is 19.3. The molecule has 0 saturated carbocycles. The van der Waals surface area contributed by atoms with E-state index in [1.54, 1.807) is 6.08 Å². The van der Waals surface area contributed by atoms with Gasteiger partial charge in [-0.3, -0.25) is 4.79 Å². The topological polar surface area (TPSA) is 149 Å². The van der Waals surface area contributed by atoms with Crippen molar-refractivity contribution in [2.75, 3.05) is 13.2 Å². The van der Waals surface area contributed by atoms with Crippen LogP contribution in [0, 0.1) is 0 Å². The van der Waals surface area contributed by atoms with Crippen LogP contribution in [0.2, 0.25) is 0 Å². The van der Waals surface area contributed by atoms with Gasteiger partial charge >= 0.3 is 0 Å². The minimum absolute atomic E-state index is 0.209. The Morgan fingerprint density at radius 3 is 1.38 bits per heavy atom. The van der Waals surface area contributed by atoms with Crippen LogP contribution < -0.4 is 5.32 Å². The van der Waals surface area contributed by atoms with E-state index in [2.05, 4.69) is 79.9 Å². The van der Waals surface area contributed by atoms with Crippen LogP contribution in [0.3, 0.4) is 0 Å². The molecule has 1 aliphatic heterocycles. The molecule has 1 heterocycles. The van der Waals surface area contributed by atoms with Gasteiger partial charge in [-0.25, -0.2) is 0 Å². The third-order valence-corrected chi connectivity index (χ3v) is 12.9. The van der Waals surface area contributed by atoms with E-state index >= 15 is 0 Å². The fourth-order valence-corrected chi connectivity index (χ4v) is 8.49. The SMILES string of the molecule is CC/C=C\C/C=C\C/C=C\C/C=C\CCC(=O)NC(COC1OC(CO)C(O)C(O)C1O)C(O)/C=C/CC/C=C/CC/C=C/CCCCCCCCCCCCCCCCCCCCCCCCC. The van der Waals surface area contributed by atoms with Gasteiger partial charge in [0, 0.05) is 6.42 Å². The largest absolute Gasteiger partial charge is 0.394 e. The van der Waals surface area contributed by atoms with Crippen molar-refractivity contribution in [2.45, 2.75) is 275 Å². The van der Waals surface area contributed by atoms with Crippen molar-refractivity contribution in [3.05, 3.63) is 85.1 Å². The lowest BCUT2D eigenvalue weighted by Gasteiger charge is -2.40. The molecule has 0 aromatic rings. The van der Waals surface area contributed by atoms with E-state index in [0.717, 1.165) is 51.4 Å². The van der Waals surface area contributed by atoms with Gasteiger partial charge in [0.05, 0.1) is 25.4 Å². The monoisotopic (exact) mass is 968 g/mol. The highest BCUT2D eigenvalue weighted by Gasteiger charge is 2.44. The Hall–Kier alpha value is -2.63. The first-order valence-electron chi connectivity index (χ1n) is 28.3. The maximum Gasteiger partial charge on any atom is 0.220 e. The number of nitrogens with one attached hydrogen (secondary N) is 1. The molecule has 0 spiro atoms. The predicted molar refractivity (Wildman–Crippen MR) is 290 cm³/mol. The molecule has 0 bridgehead atoms. The first-order chi connectivity index (χ1) is 33.8. The average Bonchev–Trinajstić information content (AvgIpc) is 3.35. The molecule has 7 atom stereocenters. The van der Waals surface area contributed by atoms with E-state index in [1.807, 2.05) is 18.2 Å². The van der Waals surface area contributed by atoms with Crippen LogP contribution in [0.25, 0.3) is 0 Å². The Balaban J connectivity index is 2.21. The Morgan fingerprint density at radius 1 is 0.507 bits per heavy atom. The lowest BCUT2D eigenvalue weighted by Crippen LogP contribution is -2.60. The Kier molecular flexibility index (Phi) is 45.7. The molecular weight excluding hydrogens is 863 g/mol. The molecule has 1 saturated heterocycles. The number of carbonyl (C=O) groups excluding carboxylic acids is 1. The van der Waals surface area contributed by atoms with E-state index in [1.165, 1.54) is 148 Å². The van der Waals surface area contributed by atoms with Crippen molar-refractivity contribution < 1.29 is 39.8 Å². The molecule has 1 fully saturated rings. The molecule has 0 aromatic heterocycles. The molecular formula is C60H105NO8. The van der Waals surface area contributed by atoms with Gasteiger partial charge in [-0.15, -0.1) is 0 Å². The van der Waals surface area contributed by atoms with E-state index in [9.17, 15) is 30.3 Å². The Bertz CT molecular complexity index is 1350. The third kappa shape index (κ3) is 38.7. The number of unbranched alkanes of at least 4 members (excludes halogenated alkanes) is 25. The van der Waals surface area contributed by atoms with Gasteiger partial charge < -0.3 is 40.3 Å². The first kappa shape index (κ1) is 64.4. The summed E-state index contributed by atoms with van der Waals surface area (Å²) in [6.45, 7) is 3.59. The summed E-state index contributed by atoms with van der Waals surface area (Å²) in [7, 11) is 0. The maximum atomic E-state index is 12.9. The lowest BCUT2D eigenvalue weighted by molar-refractivity contribution is -0.302. The van der Waals surface area contributed by atoms with Crippen molar-refractivity contribution in [1.29, 1.82) is 0 Å². The first-order valence-corrected chi connectivity index (χ1v) is 28.3. The van der Waals surface area contributed by atoms with Gasteiger partial charge in [-0.2, -0.15) is 0 Å². The minimum Gasteiger partial charge on any atom is -0.394 e. The molecule has 1 rings (SSSR count). The second kappa shape index (κ2) is 49.0. The van der Waals surface area contributed by atoms with Crippen molar-refractivity contribution in [2.24, 2.45) is 0 Å². The summed E-state index contributed by atoms with van der Waals surface area (Å²) in [5, 5.41) is 54.2. The molecule has 69 heavy (non-hydrogen) atoms. The average molecular weight is 968 g/mol. The number of rotatable bonds is 47. The number of ether oxygens (including phenoxy) is 2. The lowest BCUT2D eigenvalue weighted by atomic mass is 9.99. The fourth-order valence-electron chi connectivity index (χ4n) is 8.49. The highest BCUT2D eigenvalue weighted by molar-refractivity contribution is 5.76. The quantitative estimate of drug-likeness (QED) is 0.0261. The van der Waals surface area contributed by atoms with Crippen LogP contribution in [0.5, 0.6) is 0 Å². The summed E-state index contributed by atoms with van der Waals surface area (Å²) < 4.78 is 11.2. The van der Waals surface area contributed by atoms with Crippen molar-refractivity contribution >= 4 is 5.91 Å². The predicted octanol–water partition coefficient (Wildman–Crippen LogP) is 13.8. The van der Waals surface area contributed by atoms with Crippen LogP contribution in [0.4, 0.5) is 0 Å². The van der Waals surface area contributed by atoms with Crippen LogP contribution in [-0.4, -0.2) is 87.5 Å². The summed E-state index contributed by atoms with van der Waals surface area (Å²) in [6, 6.07) is -0.871. The maximum absolute atomic E-state index is 12.9. The fraction of sp³-hybridized carbons (Fsp3) is 0.750. The summed E-state index contributed by atoms with van der Waals surface area (Å²) in [6.07, 6.45) is 62.7. The van der Waals surface area contributed by atoms with E-state index in [4.69, 9.17) is 9.47 Å². The van der Waals surface area contributed by atoms with Gasteiger partial charge in [0.1, 0.15) is 24.4 Å². The number of carbonyl (C=O) groups is 1. The third-order valence-electron chi connectivity index (χ3n) is 12.9. The smallest absolute Gasteiger partial charge is 0.220 e. The minimum atomic E-state index is -1.59. The zero-order valence-corrected chi connectivity index (χ0v) is 44.0. The molecule has 9 heteroatoms. The molecule has 398 valence electrons. The van der Waals surface area contributed by atoms with Crippen LogP contribution in [0.15, 0.2) is 85.1 Å².